The van der Waals surface area contributed by atoms with Crippen molar-refractivity contribution in [3.05, 3.63) is 69.8 Å². The van der Waals surface area contributed by atoms with Crippen LogP contribution in [0.25, 0.3) is 0 Å². The molecular weight excluding hydrogens is 622 g/mol. The van der Waals surface area contributed by atoms with E-state index in [9.17, 15) is 13.2 Å². The molecule has 5 rings (SSSR count). The van der Waals surface area contributed by atoms with E-state index >= 15 is 0 Å². The van der Waals surface area contributed by atoms with Gasteiger partial charge in [-0.05, 0) is 84.7 Å². The minimum absolute atomic E-state index is 0.132. The molecule has 1 aliphatic heterocycles. The van der Waals surface area contributed by atoms with E-state index in [4.69, 9.17) is 4.74 Å². The molecule has 1 aromatic heterocycles. The smallest absolute Gasteiger partial charge is 0.251 e. The van der Waals surface area contributed by atoms with Gasteiger partial charge in [0.15, 0.2) is 0 Å². The quantitative estimate of drug-likeness (QED) is 0.315. The Balaban J connectivity index is 1.33. The Bertz CT molecular complexity index is 1560. The van der Waals surface area contributed by atoms with E-state index in [1.165, 1.54) is 10.6 Å². The third kappa shape index (κ3) is 6.69. The Kier molecular flexibility index (Phi) is 9.02. The number of aromatic nitrogens is 2. The monoisotopic (exact) mass is 657 g/mol. The van der Waals surface area contributed by atoms with Crippen LogP contribution in [-0.4, -0.2) is 86.1 Å². The highest BCUT2D eigenvalue weighted by molar-refractivity contribution is 9.10. The number of nitrogens with zero attached hydrogens (tertiary/aromatic N) is 4. The highest BCUT2D eigenvalue weighted by Gasteiger charge is 2.38. The van der Waals surface area contributed by atoms with Crippen LogP contribution in [0.1, 0.15) is 40.4 Å². The van der Waals surface area contributed by atoms with Crippen molar-refractivity contribution in [1.29, 1.82) is 0 Å². The number of benzene rings is 2. The van der Waals surface area contributed by atoms with Gasteiger partial charge < -0.3 is 25.6 Å². The summed E-state index contributed by atoms with van der Waals surface area (Å²) in [4.78, 5) is 24.3. The van der Waals surface area contributed by atoms with Gasteiger partial charge in [-0.1, -0.05) is 24.3 Å². The highest BCUT2D eigenvalue weighted by Crippen LogP contribution is 2.39. The number of halogens is 1. The second-order valence-electron chi connectivity index (χ2n) is 10.9. The molecule has 2 aliphatic rings. The Labute approximate surface area is 255 Å². The minimum Gasteiger partial charge on any atom is -0.495 e. The van der Waals surface area contributed by atoms with Crippen LogP contribution < -0.4 is 20.7 Å². The van der Waals surface area contributed by atoms with Crippen molar-refractivity contribution in [3.8, 4) is 5.75 Å². The molecule has 0 radical (unpaired) electrons. The molecule has 3 aromatic rings. The fraction of sp³-hybridized carbons (Fsp3) is 0.414. The number of hydrogen-bond acceptors (Lipinski definition) is 9. The first kappa shape index (κ1) is 30.2. The molecule has 1 fully saturated rings. The molecule has 2 aromatic carbocycles. The topological polar surface area (TPSA) is 129 Å². The fourth-order valence-corrected chi connectivity index (χ4v) is 6.52. The number of likely N-dealkylation sites (tertiary alicyclic amines) is 1. The largest absolute Gasteiger partial charge is 0.495 e. The lowest BCUT2D eigenvalue weighted by molar-refractivity contribution is 0.0916. The first-order valence-electron chi connectivity index (χ1n) is 13.8. The summed E-state index contributed by atoms with van der Waals surface area (Å²) in [5.41, 5.74) is 3.17. The van der Waals surface area contributed by atoms with E-state index in [1.54, 1.807) is 38.6 Å². The predicted octanol–water partition coefficient (Wildman–Crippen LogP) is 3.78. The summed E-state index contributed by atoms with van der Waals surface area (Å²) in [5.74, 6) is 1.18. The van der Waals surface area contributed by atoms with Gasteiger partial charge in [0.25, 0.3) is 5.91 Å². The lowest BCUT2D eigenvalue weighted by atomic mass is 10.0. The zero-order valence-corrected chi connectivity index (χ0v) is 26.5. The number of amides is 1. The number of carbonyl (C=O) groups is 1. The van der Waals surface area contributed by atoms with Crippen LogP contribution in [0.4, 0.5) is 17.5 Å². The fourth-order valence-electron chi connectivity index (χ4n) is 5.54. The van der Waals surface area contributed by atoms with Crippen molar-refractivity contribution in [1.82, 2.24) is 24.5 Å². The Morgan fingerprint density at radius 3 is 2.62 bits per heavy atom. The summed E-state index contributed by atoms with van der Waals surface area (Å²) < 4.78 is 32.6. The van der Waals surface area contributed by atoms with Gasteiger partial charge in [-0.25, -0.2) is 13.4 Å². The number of nitrogens with one attached hydrogen (secondary N) is 3. The van der Waals surface area contributed by atoms with Gasteiger partial charge in [-0.3, -0.25) is 4.79 Å². The number of hydrogen-bond donors (Lipinski definition) is 3. The van der Waals surface area contributed by atoms with Gasteiger partial charge in [-0.2, -0.15) is 9.29 Å². The molecule has 13 heteroatoms. The number of methoxy groups -OCH3 is 1. The second kappa shape index (κ2) is 12.5. The van der Waals surface area contributed by atoms with Crippen LogP contribution in [0.5, 0.6) is 5.75 Å². The van der Waals surface area contributed by atoms with Crippen molar-refractivity contribution in [2.75, 3.05) is 51.2 Å². The minimum atomic E-state index is -3.45. The number of sulfonamides is 1. The van der Waals surface area contributed by atoms with Crippen molar-refractivity contribution in [2.45, 2.75) is 37.4 Å². The maximum atomic E-state index is 12.9. The first-order valence-corrected chi connectivity index (χ1v) is 16.4. The molecule has 0 unspecified atom stereocenters. The van der Waals surface area contributed by atoms with Gasteiger partial charge >= 0.3 is 0 Å². The van der Waals surface area contributed by atoms with Crippen LogP contribution in [0.2, 0.25) is 0 Å². The van der Waals surface area contributed by atoms with Crippen LogP contribution >= 0.6 is 15.9 Å². The number of carbonyl (C=O) groups excluding carboxylic acids is 1. The summed E-state index contributed by atoms with van der Waals surface area (Å²) in [6.45, 7) is 1.92. The van der Waals surface area contributed by atoms with E-state index in [2.05, 4.69) is 53.8 Å². The van der Waals surface area contributed by atoms with Crippen LogP contribution in [0, 0.1) is 0 Å². The molecule has 224 valence electrons. The van der Waals surface area contributed by atoms with Gasteiger partial charge in [0.1, 0.15) is 11.6 Å². The number of likely N-dealkylation sites (N-methyl/N-ethyl adjacent to an activating group) is 1. The van der Waals surface area contributed by atoms with Gasteiger partial charge in [0.2, 0.25) is 16.0 Å². The van der Waals surface area contributed by atoms with E-state index in [0.29, 0.717) is 39.7 Å². The van der Waals surface area contributed by atoms with E-state index in [-0.39, 0.29) is 18.0 Å². The number of ether oxygens (including phenoxy) is 1. The zero-order valence-electron chi connectivity index (χ0n) is 24.1. The maximum absolute atomic E-state index is 12.9. The molecule has 11 nitrogen and oxygen atoms in total. The average Bonchev–Trinajstić information content (AvgIpc) is 3.32. The number of piperidine rings is 1. The third-order valence-electron chi connectivity index (χ3n) is 7.94. The third-order valence-corrected chi connectivity index (χ3v) is 9.79. The molecule has 1 amide bonds. The lowest BCUT2D eigenvalue weighted by Crippen LogP contribution is -2.43. The van der Waals surface area contributed by atoms with Crippen molar-refractivity contribution < 1.29 is 17.9 Å². The van der Waals surface area contributed by atoms with Crippen molar-refractivity contribution in [3.63, 3.8) is 0 Å². The zero-order chi connectivity index (χ0) is 30.0. The van der Waals surface area contributed by atoms with Crippen molar-refractivity contribution in [2.24, 2.45) is 0 Å². The van der Waals surface area contributed by atoms with Crippen molar-refractivity contribution >= 4 is 49.3 Å². The first-order chi connectivity index (χ1) is 20.0. The molecule has 2 heterocycles. The maximum Gasteiger partial charge on any atom is 0.251 e. The highest BCUT2D eigenvalue weighted by atomic mass is 79.9. The van der Waals surface area contributed by atoms with Gasteiger partial charge in [0, 0.05) is 24.8 Å². The Morgan fingerprint density at radius 2 is 1.90 bits per heavy atom. The standard InChI is InChI=1S/C29H36BrN7O4S/c1-36-13-11-20(12-14-36)32-28(38)19-9-10-23(25(16-19)41-3)34-29-31-17-22(30)27(35-29)33-24-15-18-7-5-6-8-21(18)26(24)37(2)42(4,39)40/h5-10,16-17,20,24,26H,11-15H2,1-4H3,(H,32,38)(H2,31,33,34,35)/t24-,26+/m1/s1. The predicted molar refractivity (Wildman–Crippen MR) is 167 cm³/mol. The number of rotatable bonds is 9. The molecule has 42 heavy (non-hydrogen) atoms. The Hall–Kier alpha value is -3.26. The van der Waals surface area contributed by atoms with Gasteiger partial charge in [-0.15, -0.1) is 0 Å². The van der Waals surface area contributed by atoms with E-state index < -0.39 is 16.1 Å². The van der Waals surface area contributed by atoms with Crippen LogP contribution in [0.3, 0.4) is 0 Å². The molecule has 2 atom stereocenters. The SMILES string of the molecule is COc1cc(C(=O)NC2CCN(C)CC2)ccc1Nc1ncc(Br)c(N[C@@H]2Cc3ccccc3[C@@H]2N(C)S(C)(=O)=O)n1. The summed E-state index contributed by atoms with van der Waals surface area (Å²) in [5, 5.41) is 9.77. The molecule has 1 aliphatic carbocycles. The molecule has 0 saturated carbocycles. The summed E-state index contributed by atoms with van der Waals surface area (Å²) in [7, 11) is 1.79. The van der Waals surface area contributed by atoms with Gasteiger partial charge in [0.05, 0.1) is 35.6 Å². The summed E-state index contributed by atoms with van der Waals surface area (Å²) >= 11 is 3.53. The van der Waals surface area contributed by atoms with Crippen LogP contribution in [-0.2, 0) is 16.4 Å². The molecule has 1 saturated heterocycles. The van der Waals surface area contributed by atoms with E-state index in [0.717, 1.165) is 37.1 Å². The summed E-state index contributed by atoms with van der Waals surface area (Å²) in [6, 6.07) is 12.6. The molecule has 3 N–H and O–H groups in total. The molecular formula is C29H36BrN7O4S. The molecule has 0 bridgehead atoms. The summed E-state index contributed by atoms with van der Waals surface area (Å²) in [6.07, 6.45) is 5.33. The lowest BCUT2D eigenvalue weighted by Gasteiger charge is -2.29. The normalized spacial score (nSPS) is 19.4. The second-order valence-corrected chi connectivity index (χ2v) is 13.8. The van der Waals surface area contributed by atoms with E-state index in [1.807, 2.05) is 24.3 Å². The average molecular weight is 659 g/mol. The van der Waals surface area contributed by atoms with Crippen LogP contribution in [0.15, 0.2) is 53.1 Å². The number of fused-ring (bicyclic) bond motifs is 1. The Morgan fingerprint density at radius 1 is 1.17 bits per heavy atom. The molecule has 0 spiro atoms. The number of anilines is 3.